The Morgan fingerprint density at radius 3 is 2.88 bits per heavy atom. The number of thioether (sulfide) groups is 1. The molecular formula is C18H29N3O2S. The third kappa shape index (κ3) is 4.85. The summed E-state index contributed by atoms with van der Waals surface area (Å²) in [5.74, 6) is 2.58. The molecule has 0 saturated heterocycles. The molecule has 1 aromatic rings. The van der Waals surface area contributed by atoms with Crippen LogP contribution in [0.1, 0.15) is 45.9 Å². The maximum absolute atomic E-state index is 12.3. The number of aromatic nitrogens is 3. The molecule has 1 saturated carbocycles. The van der Waals surface area contributed by atoms with Gasteiger partial charge < -0.3 is 9.30 Å². The average Bonchev–Trinajstić information content (AvgIpc) is 2.86. The number of ether oxygens (including phenoxy) is 1. The van der Waals surface area contributed by atoms with E-state index in [1.165, 1.54) is 18.2 Å². The van der Waals surface area contributed by atoms with Crippen LogP contribution in [-0.4, -0.2) is 32.6 Å². The number of hydrogen-bond acceptors (Lipinski definition) is 5. The van der Waals surface area contributed by atoms with Gasteiger partial charge in [0.05, 0.1) is 5.75 Å². The van der Waals surface area contributed by atoms with E-state index in [1.807, 2.05) is 11.5 Å². The van der Waals surface area contributed by atoms with E-state index in [0.717, 1.165) is 23.8 Å². The van der Waals surface area contributed by atoms with Gasteiger partial charge in [-0.3, -0.25) is 4.79 Å². The summed E-state index contributed by atoms with van der Waals surface area (Å²) in [5.41, 5.74) is 0. The molecule has 0 aromatic carbocycles. The number of carbonyl (C=O) groups excluding carboxylic acids is 1. The summed E-state index contributed by atoms with van der Waals surface area (Å²) in [4.78, 5) is 12.3. The van der Waals surface area contributed by atoms with Crippen LogP contribution in [-0.2, 0) is 16.1 Å². The van der Waals surface area contributed by atoms with Crippen molar-refractivity contribution >= 4 is 17.7 Å². The van der Waals surface area contributed by atoms with Crippen molar-refractivity contribution in [3.05, 3.63) is 18.5 Å². The highest BCUT2D eigenvalue weighted by Crippen LogP contribution is 2.35. The first kappa shape index (κ1) is 19.0. The molecule has 6 heteroatoms. The summed E-state index contributed by atoms with van der Waals surface area (Å²) in [5, 5.41) is 8.93. The SMILES string of the molecule is C=CCn1c(C)nnc1SCC(=O)OC1CC(C)CCC1C(C)C. The van der Waals surface area contributed by atoms with Gasteiger partial charge in [-0.2, -0.15) is 0 Å². The molecule has 0 amide bonds. The number of rotatable bonds is 7. The highest BCUT2D eigenvalue weighted by Gasteiger charge is 2.33. The molecule has 3 unspecified atom stereocenters. The number of allylic oxidation sites excluding steroid dienone is 1. The van der Waals surface area contributed by atoms with Crippen LogP contribution < -0.4 is 0 Å². The van der Waals surface area contributed by atoms with Crippen LogP contribution in [0, 0.1) is 24.7 Å². The van der Waals surface area contributed by atoms with Crippen LogP contribution in [0.4, 0.5) is 0 Å². The van der Waals surface area contributed by atoms with Crippen LogP contribution in [0.15, 0.2) is 17.8 Å². The molecule has 1 aliphatic carbocycles. The summed E-state index contributed by atoms with van der Waals surface area (Å²) in [6, 6.07) is 0. The first-order valence-electron chi connectivity index (χ1n) is 8.75. The van der Waals surface area contributed by atoms with E-state index in [9.17, 15) is 4.79 Å². The molecule has 0 aliphatic heterocycles. The summed E-state index contributed by atoms with van der Waals surface area (Å²) in [6.07, 6.45) is 5.21. The van der Waals surface area contributed by atoms with Gasteiger partial charge in [0.2, 0.25) is 0 Å². The van der Waals surface area contributed by atoms with Crippen molar-refractivity contribution in [3.8, 4) is 0 Å². The third-order valence-corrected chi connectivity index (χ3v) is 5.72. The molecule has 24 heavy (non-hydrogen) atoms. The van der Waals surface area contributed by atoms with Gasteiger partial charge in [-0.25, -0.2) is 0 Å². The quantitative estimate of drug-likeness (QED) is 0.424. The molecule has 0 bridgehead atoms. The topological polar surface area (TPSA) is 57.0 Å². The minimum Gasteiger partial charge on any atom is -0.461 e. The minimum atomic E-state index is -0.157. The standard InChI is InChI=1S/C18H29N3O2S/c1-6-9-21-14(5)19-20-18(21)24-11-17(22)23-16-10-13(4)7-8-15(16)12(2)3/h6,12-13,15-16H,1,7-11H2,2-5H3. The van der Waals surface area contributed by atoms with Crippen LogP contribution in [0.25, 0.3) is 0 Å². The average molecular weight is 352 g/mol. The smallest absolute Gasteiger partial charge is 0.316 e. The maximum Gasteiger partial charge on any atom is 0.316 e. The van der Waals surface area contributed by atoms with Crippen LogP contribution in [0.3, 0.4) is 0 Å². The highest BCUT2D eigenvalue weighted by atomic mass is 32.2. The molecule has 1 heterocycles. The molecule has 0 N–H and O–H groups in total. The second-order valence-corrected chi connectivity index (χ2v) is 8.01. The van der Waals surface area contributed by atoms with Gasteiger partial charge in [0.15, 0.2) is 5.16 Å². The lowest BCUT2D eigenvalue weighted by Crippen LogP contribution is -2.36. The van der Waals surface area contributed by atoms with Crippen molar-refractivity contribution in [2.24, 2.45) is 17.8 Å². The molecule has 0 radical (unpaired) electrons. The van der Waals surface area contributed by atoms with E-state index in [2.05, 4.69) is 37.5 Å². The maximum atomic E-state index is 12.3. The van der Waals surface area contributed by atoms with Gasteiger partial charge in [-0.1, -0.05) is 45.0 Å². The Balaban J connectivity index is 1.91. The molecular weight excluding hydrogens is 322 g/mol. The Bertz CT molecular complexity index is 571. The van der Waals surface area contributed by atoms with Crippen molar-refractivity contribution < 1.29 is 9.53 Å². The summed E-state index contributed by atoms with van der Waals surface area (Å²) in [7, 11) is 0. The van der Waals surface area contributed by atoms with Crippen molar-refractivity contribution in [1.29, 1.82) is 0 Å². The van der Waals surface area contributed by atoms with Gasteiger partial charge in [-0.15, -0.1) is 16.8 Å². The number of hydrogen-bond donors (Lipinski definition) is 0. The zero-order valence-electron chi connectivity index (χ0n) is 15.2. The number of nitrogens with zero attached hydrogens (tertiary/aromatic N) is 3. The molecule has 134 valence electrons. The third-order valence-electron chi connectivity index (χ3n) is 4.78. The van der Waals surface area contributed by atoms with Gasteiger partial charge in [0.25, 0.3) is 0 Å². The predicted octanol–water partition coefficient (Wildman–Crippen LogP) is 3.87. The molecule has 5 nitrogen and oxygen atoms in total. The molecule has 2 rings (SSSR count). The second kappa shape index (κ2) is 8.70. The molecule has 3 atom stereocenters. The Labute approximate surface area is 149 Å². The summed E-state index contributed by atoms with van der Waals surface area (Å²) in [6.45, 7) is 13.0. The van der Waals surface area contributed by atoms with E-state index < -0.39 is 0 Å². The van der Waals surface area contributed by atoms with E-state index in [0.29, 0.717) is 24.3 Å². The Hall–Kier alpha value is -1.30. The molecule has 1 fully saturated rings. The fourth-order valence-electron chi connectivity index (χ4n) is 3.38. The Kier molecular flexibility index (Phi) is 6.90. The second-order valence-electron chi connectivity index (χ2n) is 7.07. The summed E-state index contributed by atoms with van der Waals surface area (Å²) >= 11 is 1.38. The first-order chi connectivity index (χ1) is 11.4. The van der Waals surface area contributed by atoms with E-state index in [4.69, 9.17) is 4.74 Å². The highest BCUT2D eigenvalue weighted by molar-refractivity contribution is 7.99. The zero-order valence-corrected chi connectivity index (χ0v) is 16.0. The lowest BCUT2D eigenvalue weighted by molar-refractivity contribution is -0.152. The van der Waals surface area contributed by atoms with Crippen molar-refractivity contribution in [3.63, 3.8) is 0 Å². The zero-order chi connectivity index (χ0) is 17.7. The number of carbonyl (C=O) groups is 1. The first-order valence-corrected chi connectivity index (χ1v) is 9.73. The number of aryl methyl sites for hydroxylation is 1. The van der Waals surface area contributed by atoms with Gasteiger partial charge in [0, 0.05) is 6.54 Å². The van der Waals surface area contributed by atoms with Gasteiger partial charge in [-0.05, 0) is 37.5 Å². The van der Waals surface area contributed by atoms with Crippen molar-refractivity contribution in [2.45, 2.75) is 64.8 Å². The van der Waals surface area contributed by atoms with E-state index in [1.54, 1.807) is 6.08 Å². The van der Waals surface area contributed by atoms with Crippen molar-refractivity contribution in [1.82, 2.24) is 14.8 Å². The Morgan fingerprint density at radius 1 is 1.46 bits per heavy atom. The lowest BCUT2D eigenvalue weighted by Gasteiger charge is -2.36. The molecule has 1 aliphatic rings. The van der Waals surface area contributed by atoms with Crippen molar-refractivity contribution in [2.75, 3.05) is 5.75 Å². The minimum absolute atomic E-state index is 0.0506. The lowest BCUT2D eigenvalue weighted by atomic mass is 9.75. The van der Waals surface area contributed by atoms with Crippen LogP contribution >= 0.6 is 11.8 Å². The fourth-order valence-corrected chi connectivity index (χ4v) is 4.16. The Morgan fingerprint density at radius 2 is 2.21 bits per heavy atom. The molecule has 0 spiro atoms. The summed E-state index contributed by atoms with van der Waals surface area (Å²) < 4.78 is 7.78. The van der Waals surface area contributed by atoms with Crippen LogP contribution in [0.5, 0.6) is 0 Å². The van der Waals surface area contributed by atoms with Gasteiger partial charge >= 0.3 is 5.97 Å². The predicted molar refractivity (Wildman–Crippen MR) is 96.9 cm³/mol. The largest absolute Gasteiger partial charge is 0.461 e. The number of esters is 1. The van der Waals surface area contributed by atoms with E-state index >= 15 is 0 Å². The van der Waals surface area contributed by atoms with Crippen LogP contribution in [0.2, 0.25) is 0 Å². The van der Waals surface area contributed by atoms with E-state index in [-0.39, 0.29) is 17.8 Å². The fraction of sp³-hybridized carbons (Fsp3) is 0.722. The van der Waals surface area contributed by atoms with Gasteiger partial charge in [0.1, 0.15) is 11.9 Å². The normalized spacial score (nSPS) is 24.1. The monoisotopic (exact) mass is 351 g/mol. The molecule has 1 aromatic heterocycles.